The summed E-state index contributed by atoms with van der Waals surface area (Å²) in [5.74, 6) is 3.23. The first-order valence-electron chi connectivity index (χ1n) is 10.4. The van der Waals surface area contributed by atoms with Crippen LogP contribution < -0.4 is 4.74 Å². The van der Waals surface area contributed by atoms with Crippen LogP contribution in [-0.2, 0) is 12.2 Å². The number of rotatable bonds is 9. The number of benzene rings is 3. The molecule has 0 aliphatic rings. The van der Waals surface area contributed by atoms with Crippen LogP contribution in [0.2, 0.25) is 0 Å². The van der Waals surface area contributed by atoms with E-state index in [2.05, 4.69) is 45.2 Å². The molecule has 0 aliphatic carbocycles. The zero-order valence-electron chi connectivity index (χ0n) is 17.7. The molecule has 0 saturated heterocycles. The Balaban J connectivity index is 1.51. The Hall–Kier alpha value is -2.90. The number of ether oxygens (including phenoxy) is 1. The Bertz CT molecular complexity index is 1180. The van der Waals surface area contributed by atoms with Crippen LogP contribution in [0, 0.1) is 0 Å². The molecule has 162 valence electrons. The van der Waals surface area contributed by atoms with Gasteiger partial charge in [0.2, 0.25) is 5.16 Å². The molecule has 0 aliphatic heterocycles. The van der Waals surface area contributed by atoms with Crippen LogP contribution in [0.15, 0.2) is 93.6 Å². The van der Waals surface area contributed by atoms with Crippen molar-refractivity contribution in [3.63, 3.8) is 0 Å². The Kier molecular flexibility index (Phi) is 7.74. The monoisotopic (exact) mass is 506 g/mol. The molecule has 0 spiro atoms. The largest absolute Gasteiger partial charge is 0.457 e. The van der Waals surface area contributed by atoms with Crippen LogP contribution >= 0.6 is 27.7 Å². The van der Waals surface area contributed by atoms with Crippen molar-refractivity contribution in [2.45, 2.75) is 30.7 Å². The molecular weight excluding hydrogens is 484 g/mol. The van der Waals surface area contributed by atoms with E-state index in [1.54, 1.807) is 11.8 Å². The zero-order chi connectivity index (χ0) is 22.2. The highest BCUT2D eigenvalue weighted by Crippen LogP contribution is 2.24. The molecule has 0 fully saturated rings. The number of para-hydroxylation sites is 1. The fraction of sp³-hybridized carbons (Fsp3) is 0.160. The van der Waals surface area contributed by atoms with Gasteiger partial charge in [-0.25, -0.2) is 0 Å². The lowest BCUT2D eigenvalue weighted by molar-refractivity contribution is 0.482. The molecule has 0 radical (unpaired) electrons. The van der Waals surface area contributed by atoms with Gasteiger partial charge in [0, 0.05) is 16.6 Å². The number of hydrogen-bond donors (Lipinski definition) is 0. The number of aromatic nitrogens is 3. The molecule has 0 N–H and O–H groups in total. The summed E-state index contributed by atoms with van der Waals surface area (Å²) in [7, 11) is 0. The maximum Gasteiger partial charge on any atom is 0.212 e. The van der Waals surface area contributed by atoms with Crippen molar-refractivity contribution in [2.24, 2.45) is 5.10 Å². The molecular formula is C25H23BrN4OS. The quantitative estimate of drug-likeness (QED) is 0.182. The first-order valence-corrected chi connectivity index (χ1v) is 12.2. The average molecular weight is 507 g/mol. The minimum Gasteiger partial charge on any atom is -0.457 e. The molecule has 0 saturated carbocycles. The van der Waals surface area contributed by atoms with Crippen LogP contribution in [0.5, 0.6) is 11.5 Å². The lowest BCUT2D eigenvalue weighted by Gasteiger charge is -2.06. The highest BCUT2D eigenvalue weighted by molar-refractivity contribution is 9.10. The van der Waals surface area contributed by atoms with Gasteiger partial charge < -0.3 is 4.74 Å². The van der Waals surface area contributed by atoms with E-state index < -0.39 is 0 Å². The summed E-state index contributed by atoms with van der Waals surface area (Å²) >= 11 is 5.11. The van der Waals surface area contributed by atoms with Gasteiger partial charge >= 0.3 is 0 Å². The maximum absolute atomic E-state index is 5.94. The van der Waals surface area contributed by atoms with E-state index in [0.717, 1.165) is 51.1 Å². The second kappa shape index (κ2) is 11.1. The fourth-order valence-corrected chi connectivity index (χ4v) is 4.14. The maximum atomic E-state index is 5.94. The van der Waals surface area contributed by atoms with Gasteiger partial charge in [-0.15, -0.1) is 10.2 Å². The van der Waals surface area contributed by atoms with Crippen molar-refractivity contribution < 1.29 is 4.74 Å². The van der Waals surface area contributed by atoms with Gasteiger partial charge in [-0.3, -0.25) is 0 Å². The summed E-state index contributed by atoms with van der Waals surface area (Å²) in [6, 6.07) is 25.9. The van der Waals surface area contributed by atoms with E-state index >= 15 is 0 Å². The number of nitrogens with zero attached hydrogens (tertiary/aromatic N) is 4. The van der Waals surface area contributed by atoms with Crippen LogP contribution in [0.1, 0.15) is 30.3 Å². The average Bonchev–Trinajstić information content (AvgIpc) is 3.20. The Labute approximate surface area is 200 Å². The van der Waals surface area contributed by atoms with Crippen LogP contribution in [0.25, 0.3) is 0 Å². The van der Waals surface area contributed by atoms with E-state index in [9.17, 15) is 0 Å². The summed E-state index contributed by atoms with van der Waals surface area (Å²) in [4.78, 5) is 0. The third-order valence-corrected chi connectivity index (χ3v) is 6.11. The smallest absolute Gasteiger partial charge is 0.212 e. The summed E-state index contributed by atoms with van der Waals surface area (Å²) in [5.41, 5.74) is 2.16. The van der Waals surface area contributed by atoms with Gasteiger partial charge in [0.05, 0.1) is 6.21 Å². The van der Waals surface area contributed by atoms with E-state index in [1.807, 2.05) is 77.6 Å². The van der Waals surface area contributed by atoms with Crippen molar-refractivity contribution in [2.75, 3.05) is 0 Å². The number of hydrogen-bond acceptors (Lipinski definition) is 5. The van der Waals surface area contributed by atoms with Gasteiger partial charge in [0.25, 0.3) is 0 Å². The molecule has 0 bridgehead atoms. The lowest BCUT2D eigenvalue weighted by Crippen LogP contribution is -2.00. The van der Waals surface area contributed by atoms with Gasteiger partial charge in [0.1, 0.15) is 11.5 Å². The molecule has 1 heterocycles. The zero-order valence-corrected chi connectivity index (χ0v) is 20.1. The molecule has 0 atom stereocenters. The van der Waals surface area contributed by atoms with E-state index in [1.165, 1.54) is 5.56 Å². The van der Waals surface area contributed by atoms with E-state index in [0.29, 0.717) is 0 Å². The molecule has 3 aromatic carbocycles. The number of aryl methyl sites for hydroxylation is 1. The van der Waals surface area contributed by atoms with E-state index in [4.69, 9.17) is 9.84 Å². The Morgan fingerprint density at radius 2 is 1.75 bits per heavy atom. The Morgan fingerprint density at radius 3 is 2.53 bits per heavy atom. The minimum absolute atomic E-state index is 0.766. The number of thioether (sulfide) groups is 1. The molecule has 4 aromatic rings. The number of halogens is 1. The minimum atomic E-state index is 0.766. The van der Waals surface area contributed by atoms with Gasteiger partial charge in [-0.1, -0.05) is 77.1 Å². The first-order chi connectivity index (χ1) is 15.7. The van der Waals surface area contributed by atoms with Crippen molar-refractivity contribution in [1.29, 1.82) is 0 Å². The topological polar surface area (TPSA) is 52.3 Å². The Morgan fingerprint density at radius 1 is 0.969 bits per heavy atom. The molecule has 5 nitrogen and oxygen atoms in total. The van der Waals surface area contributed by atoms with E-state index in [-0.39, 0.29) is 0 Å². The van der Waals surface area contributed by atoms with Crippen LogP contribution in [-0.4, -0.2) is 21.1 Å². The highest BCUT2D eigenvalue weighted by atomic mass is 79.9. The van der Waals surface area contributed by atoms with Crippen LogP contribution in [0.3, 0.4) is 0 Å². The first kappa shape index (κ1) is 22.3. The molecule has 1 aromatic heterocycles. The highest BCUT2D eigenvalue weighted by Gasteiger charge is 2.12. The predicted molar refractivity (Wildman–Crippen MR) is 134 cm³/mol. The normalized spacial score (nSPS) is 11.2. The lowest BCUT2D eigenvalue weighted by atomic mass is 10.2. The predicted octanol–water partition coefficient (Wildman–Crippen LogP) is 6.96. The second-order valence-electron chi connectivity index (χ2n) is 7.11. The van der Waals surface area contributed by atoms with Crippen molar-refractivity contribution in [3.05, 3.63) is 100 Å². The third kappa shape index (κ3) is 6.08. The molecule has 0 amide bonds. The summed E-state index contributed by atoms with van der Waals surface area (Å²) in [6.45, 7) is 2.13. The molecule has 0 unspecified atom stereocenters. The molecule has 32 heavy (non-hydrogen) atoms. The van der Waals surface area contributed by atoms with Crippen molar-refractivity contribution in [1.82, 2.24) is 14.9 Å². The summed E-state index contributed by atoms with van der Waals surface area (Å²) in [6.07, 6.45) is 3.62. The summed E-state index contributed by atoms with van der Waals surface area (Å²) < 4.78 is 8.85. The van der Waals surface area contributed by atoms with Crippen molar-refractivity contribution >= 4 is 33.9 Å². The second-order valence-corrected chi connectivity index (χ2v) is 8.97. The van der Waals surface area contributed by atoms with Crippen LogP contribution in [0.4, 0.5) is 0 Å². The fourth-order valence-electron chi connectivity index (χ4n) is 3.02. The third-order valence-electron chi connectivity index (χ3n) is 4.59. The molecule has 7 heteroatoms. The SMILES string of the molecule is CCCc1nnc(SCc2ccc(Br)cc2)n1/N=C/c1cccc(Oc2ccccc2)c1. The standard InChI is InChI=1S/C25H23BrN4OS/c1-2-7-24-28-29-25(32-18-19-12-14-21(26)15-13-19)30(24)27-17-20-8-6-11-23(16-20)31-22-9-4-3-5-10-22/h3-6,8-17H,2,7,18H2,1H3/b27-17+. The van der Waals surface area contributed by atoms with Gasteiger partial charge in [0.15, 0.2) is 5.82 Å². The molecule has 4 rings (SSSR count). The van der Waals surface area contributed by atoms with Gasteiger partial charge in [-0.2, -0.15) is 9.78 Å². The van der Waals surface area contributed by atoms with Gasteiger partial charge in [-0.05, 0) is 53.9 Å². The summed E-state index contributed by atoms with van der Waals surface area (Å²) in [5, 5.41) is 14.2. The van der Waals surface area contributed by atoms with Crippen molar-refractivity contribution in [3.8, 4) is 11.5 Å².